The molecule has 1 aliphatic rings. The summed E-state index contributed by atoms with van der Waals surface area (Å²) in [5.74, 6) is 2.26. The number of ether oxygens (including phenoxy) is 2. The van der Waals surface area contributed by atoms with Gasteiger partial charge in [0.05, 0.1) is 24.9 Å². The molecule has 0 spiro atoms. The van der Waals surface area contributed by atoms with Gasteiger partial charge in [0.15, 0.2) is 0 Å². The summed E-state index contributed by atoms with van der Waals surface area (Å²) >= 11 is 6.73. The molecule has 3 aromatic rings. The first-order valence-electron chi connectivity index (χ1n) is 9.68. The number of pyridine rings is 2. The number of fused-ring (bicyclic) bond motifs is 1. The molecule has 0 amide bonds. The Bertz CT molecular complexity index is 1070. The van der Waals surface area contributed by atoms with Gasteiger partial charge in [-0.05, 0) is 31.4 Å². The van der Waals surface area contributed by atoms with Crippen LogP contribution in [0.2, 0.25) is 5.02 Å². The van der Waals surface area contributed by atoms with Crippen molar-refractivity contribution in [3.8, 4) is 22.8 Å². The summed E-state index contributed by atoms with van der Waals surface area (Å²) in [4.78, 5) is 11.9. The third kappa shape index (κ3) is 3.38. The Morgan fingerprint density at radius 3 is 2.34 bits per heavy atom. The van der Waals surface area contributed by atoms with Crippen LogP contribution in [0.4, 0.5) is 5.82 Å². The highest BCUT2D eigenvalue weighted by Gasteiger charge is 2.36. The van der Waals surface area contributed by atoms with E-state index in [1.54, 1.807) is 14.2 Å². The number of hydrogen-bond acceptors (Lipinski definition) is 5. The molecule has 0 bridgehead atoms. The summed E-state index contributed by atoms with van der Waals surface area (Å²) in [6, 6.07) is 5.96. The van der Waals surface area contributed by atoms with E-state index in [2.05, 4.69) is 29.8 Å². The maximum absolute atomic E-state index is 6.73. The first kappa shape index (κ1) is 19.8. The summed E-state index contributed by atoms with van der Waals surface area (Å²) in [5.41, 5.74) is 3.82. The van der Waals surface area contributed by atoms with Crippen molar-refractivity contribution >= 4 is 28.2 Å². The first-order chi connectivity index (χ1) is 13.7. The summed E-state index contributed by atoms with van der Waals surface area (Å²) < 4.78 is 11.0. The largest absolute Gasteiger partial charge is 0.496 e. The Labute approximate surface area is 176 Å². The number of nitrogens with zero attached hydrogens (tertiary/aromatic N) is 3. The fourth-order valence-electron chi connectivity index (χ4n) is 4.11. The molecular weight excluding hydrogens is 386 g/mol. The van der Waals surface area contributed by atoms with E-state index in [-0.39, 0.29) is 0 Å². The van der Waals surface area contributed by atoms with Crippen LogP contribution in [0, 0.1) is 19.3 Å². The van der Waals surface area contributed by atoms with Crippen LogP contribution in [0.15, 0.2) is 24.4 Å². The highest BCUT2D eigenvalue weighted by atomic mass is 35.5. The van der Waals surface area contributed by atoms with Gasteiger partial charge in [0.1, 0.15) is 17.3 Å². The molecule has 1 fully saturated rings. The Morgan fingerprint density at radius 2 is 1.72 bits per heavy atom. The Hall–Kier alpha value is -2.53. The third-order valence-corrected chi connectivity index (χ3v) is 5.88. The number of aryl methyl sites for hydroxylation is 1. The molecule has 1 aromatic carbocycles. The average molecular weight is 412 g/mol. The van der Waals surface area contributed by atoms with E-state index in [9.17, 15) is 0 Å². The molecular formula is C23H26ClN3O2. The fraction of sp³-hybridized carbons (Fsp3) is 0.391. The van der Waals surface area contributed by atoms with Crippen molar-refractivity contribution in [2.24, 2.45) is 5.41 Å². The van der Waals surface area contributed by atoms with Gasteiger partial charge in [0, 0.05) is 52.9 Å². The number of halogens is 1. The SMILES string of the molecule is COc1cc(OC)c(Cl)c(-c2cc3cnc(C)cc3c(N3CC(C)(C)C3)n2)c1C. The summed E-state index contributed by atoms with van der Waals surface area (Å²) in [5, 5.41) is 2.69. The van der Waals surface area contributed by atoms with Gasteiger partial charge in [-0.15, -0.1) is 0 Å². The van der Waals surface area contributed by atoms with Crippen molar-refractivity contribution in [1.82, 2.24) is 9.97 Å². The molecule has 0 saturated carbocycles. The van der Waals surface area contributed by atoms with Gasteiger partial charge in [0.25, 0.3) is 0 Å². The minimum Gasteiger partial charge on any atom is -0.496 e. The standard InChI is InChI=1S/C23H26ClN3O2/c1-13-7-16-15(10-25-13)8-17(26-22(16)27-11-23(3,4)12-27)20-14(2)18(28-5)9-19(29-6)21(20)24/h7-10H,11-12H2,1-6H3. The molecule has 5 nitrogen and oxygen atoms in total. The van der Waals surface area contributed by atoms with Crippen molar-refractivity contribution in [3.05, 3.63) is 40.7 Å². The zero-order chi connectivity index (χ0) is 20.9. The molecule has 0 radical (unpaired) electrons. The molecule has 4 rings (SSSR count). The molecule has 1 saturated heterocycles. The van der Waals surface area contributed by atoms with Crippen LogP contribution in [-0.2, 0) is 0 Å². The minimum atomic E-state index is 0.291. The van der Waals surface area contributed by atoms with Crippen LogP contribution in [-0.4, -0.2) is 37.3 Å². The van der Waals surface area contributed by atoms with Crippen molar-refractivity contribution in [3.63, 3.8) is 0 Å². The van der Waals surface area contributed by atoms with Gasteiger partial charge < -0.3 is 14.4 Å². The van der Waals surface area contributed by atoms with Gasteiger partial charge in [-0.1, -0.05) is 25.4 Å². The van der Waals surface area contributed by atoms with E-state index >= 15 is 0 Å². The lowest BCUT2D eigenvalue weighted by Gasteiger charge is -2.47. The van der Waals surface area contributed by atoms with Crippen molar-refractivity contribution < 1.29 is 9.47 Å². The monoisotopic (exact) mass is 411 g/mol. The maximum Gasteiger partial charge on any atom is 0.141 e. The molecule has 0 N–H and O–H groups in total. The van der Waals surface area contributed by atoms with E-state index in [4.69, 9.17) is 26.1 Å². The Morgan fingerprint density at radius 1 is 1.03 bits per heavy atom. The normalized spacial score (nSPS) is 15.3. The Balaban J connectivity index is 1.98. The molecule has 0 atom stereocenters. The highest BCUT2D eigenvalue weighted by Crippen LogP contribution is 2.44. The highest BCUT2D eigenvalue weighted by molar-refractivity contribution is 6.35. The number of aromatic nitrogens is 2. The first-order valence-corrected chi connectivity index (χ1v) is 10.1. The topological polar surface area (TPSA) is 47.5 Å². The van der Waals surface area contributed by atoms with E-state index in [1.807, 2.05) is 32.2 Å². The minimum absolute atomic E-state index is 0.291. The van der Waals surface area contributed by atoms with Crippen LogP contribution in [0.3, 0.4) is 0 Å². The van der Waals surface area contributed by atoms with Crippen molar-refractivity contribution in [2.45, 2.75) is 27.7 Å². The summed E-state index contributed by atoms with van der Waals surface area (Å²) in [7, 11) is 3.25. The number of rotatable bonds is 4. The average Bonchev–Trinajstić information content (AvgIpc) is 2.66. The van der Waals surface area contributed by atoms with Crippen LogP contribution in [0.5, 0.6) is 11.5 Å². The smallest absolute Gasteiger partial charge is 0.141 e. The molecule has 3 heterocycles. The number of benzene rings is 1. The van der Waals surface area contributed by atoms with Gasteiger partial charge in [-0.3, -0.25) is 4.98 Å². The van der Waals surface area contributed by atoms with Crippen molar-refractivity contribution in [1.29, 1.82) is 0 Å². The van der Waals surface area contributed by atoms with Crippen LogP contribution < -0.4 is 14.4 Å². The number of methoxy groups -OCH3 is 2. The maximum atomic E-state index is 6.73. The second kappa shape index (κ2) is 7.06. The second-order valence-corrected chi connectivity index (χ2v) is 8.87. The zero-order valence-corrected chi connectivity index (χ0v) is 18.5. The molecule has 6 heteroatoms. The lowest BCUT2D eigenvalue weighted by atomic mass is 9.84. The lowest BCUT2D eigenvalue weighted by Crippen LogP contribution is -2.53. The van der Waals surface area contributed by atoms with Gasteiger partial charge in [-0.2, -0.15) is 0 Å². The van der Waals surface area contributed by atoms with Crippen LogP contribution in [0.1, 0.15) is 25.1 Å². The second-order valence-electron chi connectivity index (χ2n) is 8.49. The molecule has 152 valence electrons. The quantitative estimate of drug-likeness (QED) is 0.572. The summed E-state index contributed by atoms with van der Waals surface area (Å²) in [6.07, 6.45) is 1.91. The van der Waals surface area contributed by atoms with E-state index in [0.717, 1.165) is 57.9 Å². The zero-order valence-electron chi connectivity index (χ0n) is 17.8. The summed E-state index contributed by atoms with van der Waals surface area (Å²) in [6.45, 7) is 10.5. The molecule has 0 aliphatic carbocycles. The third-order valence-electron chi connectivity index (χ3n) is 5.51. The Kier molecular flexibility index (Phi) is 4.82. The predicted octanol–water partition coefficient (Wildman–Crippen LogP) is 5.43. The van der Waals surface area contributed by atoms with Crippen LogP contribution in [0.25, 0.3) is 22.0 Å². The van der Waals surface area contributed by atoms with E-state index in [1.165, 1.54) is 0 Å². The van der Waals surface area contributed by atoms with Gasteiger partial charge >= 0.3 is 0 Å². The lowest BCUT2D eigenvalue weighted by molar-refractivity contribution is 0.275. The number of hydrogen-bond donors (Lipinski definition) is 0. The molecule has 0 unspecified atom stereocenters. The number of anilines is 1. The van der Waals surface area contributed by atoms with Crippen molar-refractivity contribution in [2.75, 3.05) is 32.2 Å². The molecule has 29 heavy (non-hydrogen) atoms. The molecule has 2 aromatic heterocycles. The molecule has 1 aliphatic heterocycles. The predicted molar refractivity (Wildman–Crippen MR) is 119 cm³/mol. The van der Waals surface area contributed by atoms with E-state index < -0.39 is 0 Å². The van der Waals surface area contributed by atoms with Crippen LogP contribution >= 0.6 is 11.6 Å². The van der Waals surface area contributed by atoms with E-state index in [0.29, 0.717) is 16.2 Å². The van der Waals surface area contributed by atoms with Gasteiger partial charge in [-0.25, -0.2) is 4.98 Å². The fourth-order valence-corrected chi connectivity index (χ4v) is 4.48. The van der Waals surface area contributed by atoms with Gasteiger partial charge in [0.2, 0.25) is 0 Å².